The van der Waals surface area contributed by atoms with Crippen molar-refractivity contribution < 1.29 is 0 Å². The molecule has 15 aromatic rings. The zero-order valence-electron chi connectivity index (χ0n) is 35.1. The Bertz CT molecular complexity index is 4270. The van der Waals surface area contributed by atoms with Gasteiger partial charge in [0.25, 0.3) is 0 Å². The molecule has 10 aromatic carbocycles. The Hall–Kier alpha value is -8.23. The quantitative estimate of drug-likeness (QED) is 0.166. The minimum Gasteiger partial charge on any atom is -0.278 e. The second-order valence-electron chi connectivity index (χ2n) is 17.0. The molecule has 0 amide bonds. The van der Waals surface area contributed by atoms with E-state index in [1.807, 2.05) is 22.7 Å². The number of benzene rings is 10. The van der Waals surface area contributed by atoms with E-state index in [1.54, 1.807) is 0 Å². The molecule has 0 N–H and O–H groups in total. The van der Waals surface area contributed by atoms with Gasteiger partial charge in [-0.05, 0) is 69.1 Å². The van der Waals surface area contributed by atoms with Gasteiger partial charge in [0.1, 0.15) is 0 Å². The van der Waals surface area contributed by atoms with E-state index in [1.165, 1.54) is 73.0 Å². The minimum atomic E-state index is 0.566. The molecule has 5 aromatic heterocycles. The molecule has 0 atom stereocenters. The van der Waals surface area contributed by atoms with Gasteiger partial charge in [0, 0.05) is 67.5 Å². The summed E-state index contributed by atoms with van der Waals surface area (Å²) in [6, 6.07) is 72.2. The summed E-state index contributed by atoms with van der Waals surface area (Å²) in [7, 11) is 0. The first-order valence-corrected chi connectivity index (χ1v) is 23.8. The predicted octanol–water partition coefficient (Wildman–Crippen LogP) is 16.4. The molecule has 0 aliphatic heterocycles. The second kappa shape index (κ2) is 13.6. The fraction of sp³-hybridized carbons (Fsp3) is 0. The van der Waals surface area contributed by atoms with Crippen LogP contribution >= 0.6 is 22.7 Å². The molecule has 0 spiro atoms. The van der Waals surface area contributed by atoms with E-state index in [-0.39, 0.29) is 0 Å². The Morgan fingerprint density at radius 3 is 1.17 bits per heavy atom. The van der Waals surface area contributed by atoms with Crippen LogP contribution in [-0.4, -0.2) is 24.1 Å². The van der Waals surface area contributed by atoms with Crippen molar-refractivity contribution in [3.8, 4) is 34.4 Å². The lowest BCUT2D eigenvalue weighted by Crippen LogP contribution is -2.10. The van der Waals surface area contributed by atoms with Crippen LogP contribution in [0.15, 0.2) is 200 Å². The van der Waals surface area contributed by atoms with Gasteiger partial charge in [-0.2, -0.15) is 15.0 Å². The van der Waals surface area contributed by atoms with Gasteiger partial charge in [-0.15, -0.1) is 22.7 Å². The van der Waals surface area contributed by atoms with E-state index < -0.39 is 0 Å². The van der Waals surface area contributed by atoms with E-state index in [0.29, 0.717) is 17.7 Å². The van der Waals surface area contributed by atoms with Gasteiger partial charge in [0.15, 0.2) is 5.82 Å². The summed E-state index contributed by atoms with van der Waals surface area (Å²) in [5.74, 6) is 1.75. The third kappa shape index (κ3) is 4.95. The maximum atomic E-state index is 5.65. The molecule has 7 heteroatoms. The summed E-state index contributed by atoms with van der Waals surface area (Å²) in [6.45, 7) is 0. The van der Waals surface area contributed by atoms with E-state index in [4.69, 9.17) is 15.0 Å². The van der Waals surface area contributed by atoms with E-state index in [9.17, 15) is 0 Å². The molecule has 0 fully saturated rings. The Morgan fingerprint density at radius 1 is 0.288 bits per heavy atom. The number of aromatic nitrogens is 5. The van der Waals surface area contributed by atoms with Gasteiger partial charge in [-0.3, -0.25) is 9.13 Å². The monoisotopic (exact) mass is 875 g/mol. The van der Waals surface area contributed by atoms with E-state index >= 15 is 0 Å². The molecular formula is C59H33N5S2. The molecule has 0 unspecified atom stereocenters. The summed E-state index contributed by atoms with van der Waals surface area (Å²) in [4.78, 5) is 16.9. The van der Waals surface area contributed by atoms with Crippen molar-refractivity contribution in [1.29, 1.82) is 0 Å². The molecule has 5 heterocycles. The topological polar surface area (TPSA) is 48.5 Å². The number of hydrogen-bond donors (Lipinski definition) is 0. The largest absolute Gasteiger partial charge is 0.278 e. The number of rotatable bonds is 4. The number of para-hydroxylation sites is 2. The second-order valence-corrected chi connectivity index (χ2v) is 19.1. The van der Waals surface area contributed by atoms with Gasteiger partial charge in [0.2, 0.25) is 11.9 Å². The number of thiophene rings is 2. The standard InChI is InChI=1S/C59H33N5S2/c1-2-16-34(17-3-1)51-37-20-4-6-22-39(37)52(40-23-7-5-21-38(40)51)57-60-58(63-45-26-12-8-24-43(45)53-47(63)32-30-41-35-18-10-14-28-49(35)65-55(41)53)62-59(61-57)64-46-27-13-9-25-44(46)54-48(64)33-31-42-36-19-11-15-29-50(36)66-56(42)54/h1-33H. The fourth-order valence-corrected chi connectivity index (χ4v) is 13.4. The lowest BCUT2D eigenvalue weighted by molar-refractivity contribution is 0.894. The van der Waals surface area contributed by atoms with Crippen molar-refractivity contribution in [1.82, 2.24) is 24.1 Å². The van der Waals surface area contributed by atoms with Crippen LogP contribution in [0.25, 0.3) is 140 Å². The Balaban J connectivity index is 1.11. The van der Waals surface area contributed by atoms with Gasteiger partial charge >= 0.3 is 0 Å². The summed E-state index contributed by atoms with van der Waals surface area (Å²) < 4.78 is 9.62. The Morgan fingerprint density at radius 2 is 0.682 bits per heavy atom. The maximum Gasteiger partial charge on any atom is 0.240 e. The first-order valence-electron chi connectivity index (χ1n) is 22.2. The lowest BCUT2D eigenvalue weighted by atomic mass is 9.88. The minimum absolute atomic E-state index is 0.566. The van der Waals surface area contributed by atoms with Crippen LogP contribution in [0.4, 0.5) is 0 Å². The molecule has 306 valence electrons. The highest BCUT2D eigenvalue weighted by Gasteiger charge is 2.26. The maximum absolute atomic E-state index is 5.65. The van der Waals surface area contributed by atoms with Crippen molar-refractivity contribution in [3.05, 3.63) is 200 Å². The number of fused-ring (bicyclic) bond motifs is 16. The molecule has 5 nitrogen and oxygen atoms in total. The molecule has 0 radical (unpaired) electrons. The summed E-state index contributed by atoms with van der Waals surface area (Å²) in [6.07, 6.45) is 0. The van der Waals surface area contributed by atoms with Crippen LogP contribution < -0.4 is 0 Å². The number of hydrogen-bond acceptors (Lipinski definition) is 5. The van der Waals surface area contributed by atoms with E-state index in [2.05, 4.69) is 209 Å². The van der Waals surface area contributed by atoms with Gasteiger partial charge in [-0.25, -0.2) is 0 Å². The van der Waals surface area contributed by atoms with E-state index in [0.717, 1.165) is 49.2 Å². The van der Waals surface area contributed by atoms with Gasteiger partial charge < -0.3 is 0 Å². The highest BCUT2D eigenvalue weighted by Crippen LogP contribution is 2.47. The van der Waals surface area contributed by atoms with Crippen LogP contribution in [0.5, 0.6) is 0 Å². The zero-order chi connectivity index (χ0) is 43.0. The average molecular weight is 876 g/mol. The van der Waals surface area contributed by atoms with Crippen LogP contribution in [0.2, 0.25) is 0 Å². The molecule has 0 aliphatic carbocycles. The smallest absolute Gasteiger partial charge is 0.240 e. The predicted molar refractivity (Wildman–Crippen MR) is 280 cm³/mol. The number of nitrogens with zero attached hydrogens (tertiary/aromatic N) is 5. The molecule has 0 aliphatic rings. The third-order valence-electron chi connectivity index (χ3n) is 13.6. The highest BCUT2D eigenvalue weighted by molar-refractivity contribution is 7.27. The summed E-state index contributed by atoms with van der Waals surface area (Å²) in [5, 5.41) is 14.3. The van der Waals surface area contributed by atoms with Crippen LogP contribution in [-0.2, 0) is 0 Å². The first-order chi connectivity index (χ1) is 32.8. The zero-order valence-corrected chi connectivity index (χ0v) is 36.7. The Kier molecular flexibility index (Phi) is 7.47. The summed E-state index contributed by atoms with van der Waals surface area (Å²) >= 11 is 3.71. The molecule has 0 bridgehead atoms. The van der Waals surface area contributed by atoms with Crippen molar-refractivity contribution in [3.63, 3.8) is 0 Å². The highest BCUT2D eigenvalue weighted by atomic mass is 32.1. The molecule has 15 rings (SSSR count). The average Bonchev–Trinajstić information content (AvgIpc) is 4.13. The van der Waals surface area contributed by atoms with Gasteiger partial charge in [-0.1, -0.05) is 164 Å². The fourth-order valence-electron chi connectivity index (χ4n) is 10.9. The summed E-state index contributed by atoms with van der Waals surface area (Å²) in [5.41, 5.74) is 7.55. The van der Waals surface area contributed by atoms with Crippen molar-refractivity contribution in [2.75, 3.05) is 0 Å². The van der Waals surface area contributed by atoms with Crippen LogP contribution in [0.3, 0.4) is 0 Å². The van der Waals surface area contributed by atoms with Crippen molar-refractivity contribution in [2.24, 2.45) is 0 Å². The van der Waals surface area contributed by atoms with Crippen molar-refractivity contribution >= 4 is 128 Å². The SMILES string of the molecule is c1ccc(-c2c3ccccc3c(-c3nc(-n4c5ccccc5c5c6sc7ccccc7c6ccc54)nc(-n4c5ccccc5c5c6sc7ccccc7c6ccc54)n3)c3ccccc23)cc1. The third-order valence-corrected chi connectivity index (χ3v) is 16.0. The molecule has 66 heavy (non-hydrogen) atoms. The molecular weight excluding hydrogens is 843 g/mol. The first kappa shape index (κ1) is 36.1. The normalized spacial score (nSPS) is 12.2. The Labute approximate surface area is 384 Å². The molecule has 0 saturated carbocycles. The lowest BCUT2D eigenvalue weighted by Gasteiger charge is -2.18. The van der Waals surface area contributed by atoms with Crippen molar-refractivity contribution in [2.45, 2.75) is 0 Å². The van der Waals surface area contributed by atoms with Gasteiger partial charge in [0.05, 0.1) is 22.1 Å². The molecule has 0 saturated heterocycles. The van der Waals surface area contributed by atoms with Crippen LogP contribution in [0.1, 0.15) is 0 Å². The van der Waals surface area contributed by atoms with Crippen LogP contribution in [0, 0.1) is 0 Å².